The molecule has 0 spiro atoms. The van der Waals surface area contributed by atoms with E-state index in [-0.39, 0.29) is 17.5 Å². The van der Waals surface area contributed by atoms with E-state index in [1.165, 1.54) is 11.1 Å². The normalized spacial score (nSPS) is 23.4. The van der Waals surface area contributed by atoms with Crippen molar-refractivity contribution < 1.29 is 9.59 Å². The third-order valence-electron chi connectivity index (χ3n) is 5.53. The van der Waals surface area contributed by atoms with Gasteiger partial charge in [-0.1, -0.05) is 38.7 Å². The first-order chi connectivity index (χ1) is 11.5. The quantitative estimate of drug-likeness (QED) is 0.642. The number of carbonyl (C=O) groups is 2. The van der Waals surface area contributed by atoms with Gasteiger partial charge in [-0.05, 0) is 67.2 Å². The maximum Gasteiger partial charge on any atom is 0.189 e. The van der Waals surface area contributed by atoms with E-state index in [2.05, 4.69) is 24.8 Å². The zero-order valence-electron chi connectivity index (χ0n) is 14.7. The van der Waals surface area contributed by atoms with Crippen molar-refractivity contribution in [1.82, 2.24) is 0 Å². The lowest BCUT2D eigenvalue weighted by Crippen LogP contribution is -2.23. The molecule has 3 rings (SSSR count). The molecule has 0 saturated carbocycles. The van der Waals surface area contributed by atoms with E-state index in [1.54, 1.807) is 0 Å². The molecule has 2 heteroatoms. The van der Waals surface area contributed by atoms with Gasteiger partial charge in [0.25, 0.3) is 0 Å². The van der Waals surface area contributed by atoms with E-state index < -0.39 is 0 Å². The molecule has 2 atom stereocenters. The third kappa shape index (κ3) is 3.02. The van der Waals surface area contributed by atoms with E-state index in [1.807, 2.05) is 19.9 Å². The minimum absolute atomic E-state index is 0.0727. The molecule has 0 aliphatic heterocycles. The Morgan fingerprint density at radius 1 is 1.42 bits per heavy atom. The number of Topliss-reactive ketones (excluding diaryl/α,β-unsaturated/α-hetero) is 2. The summed E-state index contributed by atoms with van der Waals surface area (Å²) in [5.74, 6) is 0.742. The molecule has 0 aromatic rings. The summed E-state index contributed by atoms with van der Waals surface area (Å²) in [6.45, 7) is 7.74. The fourth-order valence-electron chi connectivity index (χ4n) is 3.95. The van der Waals surface area contributed by atoms with Crippen LogP contribution in [-0.4, -0.2) is 11.6 Å². The van der Waals surface area contributed by atoms with Crippen LogP contribution in [0.15, 0.2) is 58.7 Å². The average Bonchev–Trinajstić information content (AvgIpc) is 2.61. The van der Waals surface area contributed by atoms with E-state index >= 15 is 0 Å². The van der Waals surface area contributed by atoms with Gasteiger partial charge < -0.3 is 0 Å². The Kier molecular flexibility index (Phi) is 4.84. The smallest absolute Gasteiger partial charge is 0.189 e. The summed E-state index contributed by atoms with van der Waals surface area (Å²) >= 11 is 0. The topological polar surface area (TPSA) is 34.1 Å². The zero-order valence-corrected chi connectivity index (χ0v) is 14.7. The fourth-order valence-corrected chi connectivity index (χ4v) is 3.95. The molecule has 1 unspecified atom stereocenters. The Labute approximate surface area is 144 Å². The molecule has 0 saturated heterocycles. The Bertz CT molecular complexity index is 712. The van der Waals surface area contributed by atoms with Crippen LogP contribution in [0.4, 0.5) is 0 Å². The van der Waals surface area contributed by atoms with Gasteiger partial charge in [-0.2, -0.15) is 0 Å². The number of hydrogen-bond donors (Lipinski definition) is 0. The highest BCUT2D eigenvalue weighted by atomic mass is 16.1. The van der Waals surface area contributed by atoms with Gasteiger partial charge in [-0.25, -0.2) is 0 Å². The summed E-state index contributed by atoms with van der Waals surface area (Å²) in [6.07, 6.45) is 13.9. The molecule has 0 radical (unpaired) electrons. The maximum absolute atomic E-state index is 12.9. The SMILES string of the molecule is C=C(CC)C(=O)[C@@H](C)CCC1=CC2=CCCC3CC=CC(=C23)C1=O. The number of rotatable bonds is 6. The maximum atomic E-state index is 12.9. The second-order valence-electron chi connectivity index (χ2n) is 7.16. The van der Waals surface area contributed by atoms with Gasteiger partial charge in [0.05, 0.1) is 0 Å². The first kappa shape index (κ1) is 16.9. The number of carbonyl (C=O) groups excluding carboxylic acids is 2. The largest absolute Gasteiger partial charge is 0.294 e. The van der Waals surface area contributed by atoms with Gasteiger partial charge in [-0.15, -0.1) is 0 Å². The molecule has 3 aliphatic carbocycles. The number of ketones is 2. The van der Waals surface area contributed by atoms with Crippen LogP contribution in [0.25, 0.3) is 0 Å². The minimum Gasteiger partial charge on any atom is -0.294 e. The van der Waals surface area contributed by atoms with Crippen molar-refractivity contribution in [2.75, 3.05) is 0 Å². The zero-order chi connectivity index (χ0) is 17.3. The van der Waals surface area contributed by atoms with Crippen LogP contribution in [0.2, 0.25) is 0 Å². The van der Waals surface area contributed by atoms with E-state index in [9.17, 15) is 9.59 Å². The molecule has 2 nitrogen and oxygen atoms in total. The molecule has 0 aromatic carbocycles. The fraction of sp³-hybridized carbons (Fsp3) is 0.455. The number of allylic oxidation sites excluding steroid dienone is 9. The second-order valence-corrected chi connectivity index (χ2v) is 7.16. The molecule has 0 bridgehead atoms. The summed E-state index contributed by atoms with van der Waals surface area (Å²) < 4.78 is 0. The molecule has 24 heavy (non-hydrogen) atoms. The van der Waals surface area contributed by atoms with Crippen LogP contribution in [0.1, 0.15) is 52.4 Å². The van der Waals surface area contributed by atoms with E-state index in [0.29, 0.717) is 30.8 Å². The summed E-state index contributed by atoms with van der Waals surface area (Å²) in [5.41, 5.74) is 4.95. The average molecular weight is 322 g/mol. The highest BCUT2D eigenvalue weighted by Gasteiger charge is 2.32. The molecule has 0 aromatic heterocycles. The molecular formula is C22H26O2. The first-order valence-electron chi connectivity index (χ1n) is 9.11. The summed E-state index contributed by atoms with van der Waals surface area (Å²) in [6, 6.07) is 0. The molecule has 0 heterocycles. The Morgan fingerprint density at radius 2 is 2.21 bits per heavy atom. The Hall–Kier alpha value is -1.96. The van der Waals surface area contributed by atoms with Gasteiger partial charge in [0.1, 0.15) is 0 Å². The van der Waals surface area contributed by atoms with Gasteiger partial charge in [0.2, 0.25) is 0 Å². The summed E-state index contributed by atoms with van der Waals surface area (Å²) in [7, 11) is 0. The molecule has 126 valence electrons. The third-order valence-corrected chi connectivity index (χ3v) is 5.53. The molecular weight excluding hydrogens is 296 g/mol. The monoisotopic (exact) mass is 322 g/mol. The Morgan fingerprint density at radius 3 is 2.96 bits per heavy atom. The van der Waals surface area contributed by atoms with Crippen LogP contribution >= 0.6 is 0 Å². The van der Waals surface area contributed by atoms with Crippen LogP contribution in [0.3, 0.4) is 0 Å². The van der Waals surface area contributed by atoms with Crippen LogP contribution in [0, 0.1) is 11.8 Å². The van der Waals surface area contributed by atoms with Crippen LogP contribution < -0.4 is 0 Å². The lowest BCUT2D eigenvalue weighted by molar-refractivity contribution is -0.119. The van der Waals surface area contributed by atoms with Crippen molar-refractivity contribution in [2.24, 2.45) is 11.8 Å². The van der Waals surface area contributed by atoms with Gasteiger partial charge in [0, 0.05) is 17.1 Å². The first-order valence-corrected chi connectivity index (χ1v) is 9.11. The standard InChI is InChI=1S/C22H26O2/c1-4-14(2)21(23)15(3)11-12-18-13-17-9-5-7-16-8-6-10-19(20(16)17)22(18)24/h6,9-10,13,15-16H,2,4-5,7-8,11-12H2,1,3H3/t15-,16?/m0/s1. The predicted octanol–water partition coefficient (Wildman–Crippen LogP) is 5.04. The van der Waals surface area contributed by atoms with Crippen molar-refractivity contribution >= 4 is 11.6 Å². The van der Waals surface area contributed by atoms with E-state index in [4.69, 9.17) is 0 Å². The van der Waals surface area contributed by atoms with Crippen molar-refractivity contribution in [1.29, 1.82) is 0 Å². The lowest BCUT2D eigenvalue weighted by atomic mass is 9.71. The Balaban J connectivity index is 1.75. The summed E-state index contributed by atoms with van der Waals surface area (Å²) in [4.78, 5) is 25.0. The van der Waals surface area contributed by atoms with Gasteiger partial charge in [0.15, 0.2) is 11.6 Å². The van der Waals surface area contributed by atoms with Crippen molar-refractivity contribution in [3.63, 3.8) is 0 Å². The molecule has 0 amide bonds. The lowest BCUT2D eigenvalue weighted by Gasteiger charge is -2.32. The molecule has 3 aliphatic rings. The predicted molar refractivity (Wildman–Crippen MR) is 97.5 cm³/mol. The molecule has 0 N–H and O–H groups in total. The molecule has 0 fully saturated rings. The highest BCUT2D eigenvalue weighted by Crippen LogP contribution is 2.42. The van der Waals surface area contributed by atoms with Crippen molar-refractivity contribution in [3.8, 4) is 0 Å². The van der Waals surface area contributed by atoms with Crippen molar-refractivity contribution in [3.05, 3.63) is 58.7 Å². The summed E-state index contributed by atoms with van der Waals surface area (Å²) in [5, 5.41) is 0. The van der Waals surface area contributed by atoms with Crippen LogP contribution in [-0.2, 0) is 9.59 Å². The second kappa shape index (κ2) is 6.88. The van der Waals surface area contributed by atoms with Crippen LogP contribution in [0.5, 0.6) is 0 Å². The van der Waals surface area contributed by atoms with Crippen molar-refractivity contribution in [2.45, 2.75) is 52.4 Å². The van der Waals surface area contributed by atoms with Gasteiger partial charge in [-0.3, -0.25) is 9.59 Å². The number of hydrogen-bond acceptors (Lipinski definition) is 2. The minimum atomic E-state index is -0.0727. The van der Waals surface area contributed by atoms with E-state index in [0.717, 1.165) is 30.4 Å². The highest BCUT2D eigenvalue weighted by molar-refractivity contribution is 6.13. The van der Waals surface area contributed by atoms with Gasteiger partial charge >= 0.3 is 0 Å².